The van der Waals surface area contributed by atoms with Gasteiger partial charge in [-0.3, -0.25) is 4.79 Å². The third kappa shape index (κ3) is 1.94. The fourth-order valence-corrected chi connectivity index (χ4v) is 2.37. The Morgan fingerprint density at radius 1 is 1.29 bits per heavy atom. The van der Waals surface area contributed by atoms with Gasteiger partial charge < -0.3 is 5.21 Å². The summed E-state index contributed by atoms with van der Waals surface area (Å²) in [6.45, 7) is -1.93. The predicted octanol–water partition coefficient (Wildman–Crippen LogP) is 2.72. The van der Waals surface area contributed by atoms with Gasteiger partial charge in [0.15, 0.2) is 11.6 Å². The molecule has 3 nitrogen and oxygen atoms in total. The van der Waals surface area contributed by atoms with Gasteiger partial charge in [0.05, 0.1) is 0 Å². The van der Waals surface area contributed by atoms with Gasteiger partial charge in [0.2, 0.25) is 0 Å². The highest BCUT2D eigenvalue weighted by molar-refractivity contribution is 5.23. The van der Waals surface area contributed by atoms with Crippen LogP contribution in [0.15, 0.2) is 4.79 Å². The molecule has 0 aromatic carbocycles. The average molecular weight is 245 g/mol. The molecule has 17 heavy (non-hydrogen) atoms. The van der Waals surface area contributed by atoms with E-state index in [0.717, 1.165) is 19.3 Å². The first-order chi connectivity index (χ1) is 8.95. The van der Waals surface area contributed by atoms with Crippen LogP contribution in [0, 0.1) is 18.5 Å². The molecule has 1 aromatic rings. The molecule has 1 aliphatic carbocycles. The smallest absolute Gasteiger partial charge is 0.319 e. The lowest BCUT2D eigenvalue weighted by molar-refractivity contribution is 0.145. The molecule has 1 aromatic heterocycles. The van der Waals surface area contributed by atoms with Crippen molar-refractivity contribution in [1.82, 2.24) is 4.73 Å². The highest BCUT2D eigenvalue weighted by Crippen LogP contribution is 2.33. The monoisotopic (exact) mass is 245 g/mol. The molecular formula is C12H15F2NO2. The number of nitrogens with zero attached hydrogens (tertiary/aromatic N) is 1. The first-order valence-electron chi connectivity index (χ1n) is 6.78. The number of aromatic nitrogens is 1. The molecule has 0 unspecified atom stereocenters. The largest absolute Gasteiger partial charge is 0.425 e. The molecule has 1 fully saturated rings. The molecule has 5 heteroatoms. The second-order valence-corrected chi connectivity index (χ2v) is 4.38. The number of halogens is 2. The Balaban J connectivity index is 2.62. The van der Waals surface area contributed by atoms with E-state index >= 15 is 0 Å². The van der Waals surface area contributed by atoms with Crippen molar-refractivity contribution < 1.29 is 16.7 Å². The molecule has 0 spiro atoms. The normalized spacial score (nSPS) is 19.2. The van der Waals surface area contributed by atoms with Crippen molar-refractivity contribution in [3.8, 4) is 0 Å². The maximum Gasteiger partial charge on any atom is 0.319 e. The summed E-state index contributed by atoms with van der Waals surface area (Å²) >= 11 is 0. The van der Waals surface area contributed by atoms with Gasteiger partial charge in [-0.25, -0.2) is 8.78 Å². The van der Waals surface area contributed by atoms with Crippen molar-refractivity contribution in [2.24, 2.45) is 0 Å². The van der Waals surface area contributed by atoms with Gasteiger partial charge in [-0.05, 0) is 19.7 Å². The minimum Gasteiger partial charge on any atom is -0.425 e. The Labute approximate surface area is 100 Å². The standard InChI is InChI=1S/C12H15F2NO2/c1-7-9(13)11(8-5-3-2-4-6-8)15(17)12(16)10(7)14/h8,17H,2-6H2,1H3/i1D2. The SMILES string of the molecule is [2H]C([2H])c1c(F)c(C2CCCCC2)n(O)c(=O)c1F. The molecule has 0 bridgehead atoms. The lowest BCUT2D eigenvalue weighted by atomic mass is 9.86. The summed E-state index contributed by atoms with van der Waals surface area (Å²) in [5.41, 5.74) is -2.55. The summed E-state index contributed by atoms with van der Waals surface area (Å²) in [6.07, 6.45) is 3.89. The van der Waals surface area contributed by atoms with E-state index in [4.69, 9.17) is 2.74 Å². The third-order valence-corrected chi connectivity index (χ3v) is 3.30. The Morgan fingerprint density at radius 3 is 2.53 bits per heavy atom. The van der Waals surface area contributed by atoms with Crippen molar-refractivity contribution in [3.63, 3.8) is 0 Å². The van der Waals surface area contributed by atoms with Gasteiger partial charge in [-0.2, -0.15) is 0 Å². The molecule has 0 radical (unpaired) electrons. The fourth-order valence-electron chi connectivity index (χ4n) is 2.37. The number of hydrogen-bond acceptors (Lipinski definition) is 2. The van der Waals surface area contributed by atoms with Crippen LogP contribution in [0.4, 0.5) is 8.78 Å². The highest BCUT2D eigenvalue weighted by atomic mass is 19.1. The summed E-state index contributed by atoms with van der Waals surface area (Å²) in [6, 6.07) is 0. The van der Waals surface area contributed by atoms with Gasteiger partial charge in [-0.15, -0.1) is 4.73 Å². The average Bonchev–Trinajstić information content (AvgIpc) is 2.37. The Morgan fingerprint density at radius 2 is 1.94 bits per heavy atom. The van der Waals surface area contributed by atoms with E-state index in [1.807, 2.05) is 0 Å². The Hall–Kier alpha value is -1.39. The molecule has 1 heterocycles. The summed E-state index contributed by atoms with van der Waals surface area (Å²) < 4.78 is 42.0. The van der Waals surface area contributed by atoms with Crippen molar-refractivity contribution >= 4 is 0 Å². The Kier molecular flexibility index (Phi) is 2.53. The minimum absolute atomic E-state index is 0.00648. The molecule has 0 atom stereocenters. The van der Waals surface area contributed by atoms with Gasteiger partial charge in [0, 0.05) is 14.2 Å². The van der Waals surface area contributed by atoms with Crippen LogP contribution in [-0.2, 0) is 0 Å². The van der Waals surface area contributed by atoms with Crippen LogP contribution in [0.2, 0.25) is 0 Å². The molecule has 0 aliphatic heterocycles. The zero-order valence-corrected chi connectivity index (χ0v) is 9.25. The van der Waals surface area contributed by atoms with E-state index in [0.29, 0.717) is 12.8 Å². The zero-order chi connectivity index (χ0) is 14.2. The zero-order valence-electron chi connectivity index (χ0n) is 11.2. The van der Waals surface area contributed by atoms with E-state index < -0.39 is 29.6 Å². The van der Waals surface area contributed by atoms with Crippen molar-refractivity contribution in [2.75, 3.05) is 0 Å². The van der Waals surface area contributed by atoms with Crippen molar-refractivity contribution in [2.45, 2.75) is 44.9 Å². The van der Waals surface area contributed by atoms with E-state index in [-0.39, 0.29) is 16.3 Å². The molecule has 2 rings (SSSR count). The lowest BCUT2D eigenvalue weighted by Gasteiger charge is -2.23. The Bertz CT molecular complexity index is 540. The number of pyridine rings is 1. The van der Waals surface area contributed by atoms with Crippen molar-refractivity contribution in [1.29, 1.82) is 0 Å². The molecular weight excluding hydrogens is 228 g/mol. The van der Waals surface area contributed by atoms with Crippen LogP contribution in [0.25, 0.3) is 0 Å². The molecule has 1 saturated carbocycles. The maximum atomic E-state index is 14.2. The van der Waals surface area contributed by atoms with Crippen LogP contribution in [0.5, 0.6) is 0 Å². The van der Waals surface area contributed by atoms with Gasteiger partial charge in [0.1, 0.15) is 5.69 Å². The van der Waals surface area contributed by atoms with Crippen LogP contribution in [-0.4, -0.2) is 9.94 Å². The first kappa shape index (κ1) is 9.62. The molecule has 0 saturated heterocycles. The maximum absolute atomic E-state index is 14.2. The molecule has 1 N–H and O–H groups in total. The van der Waals surface area contributed by atoms with Crippen LogP contribution in [0.3, 0.4) is 0 Å². The van der Waals surface area contributed by atoms with E-state index in [2.05, 4.69) is 0 Å². The van der Waals surface area contributed by atoms with Crippen LogP contribution in [0.1, 0.15) is 52.0 Å². The predicted molar refractivity (Wildman–Crippen MR) is 58.4 cm³/mol. The second-order valence-electron chi connectivity index (χ2n) is 4.38. The second kappa shape index (κ2) is 4.47. The number of rotatable bonds is 1. The van der Waals surface area contributed by atoms with Crippen LogP contribution >= 0.6 is 0 Å². The third-order valence-electron chi connectivity index (χ3n) is 3.30. The van der Waals surface area contributed by atoms with E-state index in [9.17, 15) is 18.8 Å². The summed E-state index contributed by atoms with van der Waals surface area (Å²) in [4.78, 5) is 11.5. The van der Waals surface area contributed by atoms with Gasteiger partial charge in [0.25, 0.3) is 0 Å². The molecule has 0 amide bonds. The quantitative estimate of drug-likeness (QED) is 0.773. The van der Waals surface area contributed by atoms with Crippen LogP contribution < -0.4 is 5.56 Å². The topological polar surface area (TPSA) is 42.2 Å². The summed E-state index contributed by atoms with van der Waals surface area (Å²) in [5, 5.41) is 9.62. The van der Waals surface area contributed by atoms with Gasteiger partial charge in [-0.1, -0.05) is 19.3 Å². The van der Waals surface area contributed by atoms with Gasteiger partial charge >= 0.3 is 5.56 Å². The lowest BCUT2D eigenvalue weighted by Crippen LogP contribution is -2.29. The number of hydrogen-bond donors (Lipinski definition) is 1. The highest BCUT2D eigenvalue weighted by Gasteiger charge is 2.27. The minimum atomic E-state index is -1.93. The molecule has 94 valence electrons. The van der Waals surface area contributed by atoms with E-state index in [1.165, 1.54) is 0 Å². The first-order valence-corrected chi connectivity index (χ1v) is 5.62. The summed E-state index contributed by atoms with van der Waals surface area (Å²) in [7, 11) is 0. The summed E-state index contributed by atoms with van der Waals surface area (Å²) in [5.74, 6) is -3.07. The van der Waals surface area contributed by atoms with E-state index in [1.54, 1.807) is 0 Å². The molecule has 1 aliphatic rings. The fraction of sp³-hybridized carbons (Fsp3) is 0.583. The van der Waals surface area contributed by atoms with Crippen molar-refractivity contribution in [3.05, 3.63) is 33.2 Å².